The number of aryl methyl sites for hydroxylation is 1. The van der Waals surface area contributed by atoms with Gasteiger partial charge in [0.05, 0.1) is 21.2 Å². The number of benzene rings is 2. The first-order valence-corrected chi connectivity index (χ1v) is 12.3. The average Bonchev–Trinajstić information content (AvgIpc) is 2.79. The molecule has 0 saturated carbocycles. The summed E-state index contributed by atoms with van der Waals surface area (Å²) in [6.07, 6.45) is 2.03. The highest BCUT2D eigenvalue weighted by Crippen LogP contribution is 2.30. The third-order valence-electron chi connectivity index (χ3n) is 5.34. The third-order valence-corrected chi connectivity index (χ3v) is 7.05. The molecule has 0 aliphatic carbocycles. The highest BCUT2D eigenvalue weighted by Gasteiger charge is 2.26. The summed E-state index contributed by atoms with van der Waals surface area (Å²) in [7, 11) is -2.58. The second-order valence-corrected chi connectivity index (χ2v) is 11.0. The molecule has 2 aromatic carbocycles. The Balaban J connectivity index is 2.04. The molecule has 34 heavy (non-hydrogen) atoms. The van der Waals surface area contributed by atoms with Gasteiger partial charge in [-0.3, -0.25) is 19.2 Å². The van der Waals surface area contributed by atoms with Gasteiger partial charge in [0.1, 0.15) is 5.82 Å². The second-order valence-electron chi connectivity index (χ2n) is 8.94. The van der Waals surface area contributed by atoms with Crippen molar-refractivity contribution in [2.75, 3.05) is 16.7 Å². The molecule has 0 spiro atoms. The van der Waals surface area contributed by atoms with Gasteiger partial charge in [-0.05, 0) is 53.8 Å². The van der Waals surface area contributed by atoms with E-state index in [9.17, 15) is 18.0 Å². The van der Waals surface area contributed by atoms with E-state index in [1.165, 1.54) is 36.2 Å². The van der Waals surface area contributed by atoms with Gasteiger partial charge in [-0.1, -0.05) is 50.6 Å². The van der Waals surface area contributed by atoms with Gasteiger partial charge in [0.25, 0.3) is 15.9 Å². The van der Waals surface area contributed by atoms with Gasteiger partial charge in [-0.15, -0.1) is 0 Å². The number of nitrogens with zero attached hydrogens (tertiary/aromatic N) is 2. The van der Waals surface area contributed by atoms with Crippen molar-refractivity contribution in [2.45, 2.75) is 38.0 Å². The molecule has 3 aromatic rings. The van der Waals surface area contributed by atoms with Crippen molar-refractivity contribution < 1.29 is 18.0 Å². The van der Waals surface area contributed by atoms with Crippen molar-refractivity contribution in [1.82, 2.24) is 4.98 Å². The fourth-order valence-corrected chi connectivity index (χ4v) is 4.57. The van der Waals surface area contributed by atoms with E-state index in [-0.39, 0.29) is 32.1 Å². The summed E-state index contributed by atoms with van der Waals surface area (Å²) in [5.74, 6) is -0.305. The van der Waals surface area contributed by atoms with Crippen molar-refractivity contribution in [3.63, 3.8) is 0 Å². The van der Waals surface area contributed by atoms with Crippen LogP contribution in [-0.2, 0) is 15.4 Å². The summed E-state index contributed by atoms with van der Waals surface area (Å²) >= 11 is 6.17. The largest absolute Gasteiger partial charge is 0.298 e. The Hall–Kier alpha value is -3.23. The van der Waals surface area contributed by atoms with Gasteiger partial charge in [-0.25, -0.2) is 13.4 Å². The van der Waals surface area contributed by atoms with Crippen molar-refractivity contribution >= 4 is 45.3 Å². The Morgan fingerprint density at radius 3 is 2.24 bits per heavy atom. The Labute approximate surface area is 204 Å². The van der Waals surface area contributed by atoms with E-state index in [2.05, 4.69) is 9.71 Å². The smallest absolute Gasteiger partial charge is 0.262 e. The van der Waals surface area contributed by atoms with Gasteiger partial charge in [0, 0.05) is 18.8 Å². The molecular weight excluding hydrogens is 474 g/mol. The van der Waals surface area contributed by atoms with Crippen molar-refractivity contribution in [3.8, 4) is 0 Å². The van der Waals surface area contributed by atoms with Crippen LogP contribution in [0.3, 0.4) is 0 Å². The molecule has 0 saturated heterocycles. The zero-order valence-electron chi connectivity index (χ0n) is 19.6. The quantitative estimate of drug-likeness (QED) is 0.468. The summed E-state index contributed by atoms with van der Waals surface area (Å²) in [5.41, 5.74) is 1.40. The number of anilines is 2. The molecule has 1 aromatic heterocycles. The Bertz CT molecular complexity index is 1330. The summed E-state index contributed by atoms with van der Waals surface area (Å²) in [5, 5.41) is 0.0288. The maximum Gasteiger partial charge on any atom is 0.262 e. The molecule has 1 heterocycles. The highest BCUT2D eigenvalue weighted by atomic mass is 35.5. The van der Waals surface area contributed by atoms with Gasteiger partial charge < -0.3 is 0 Å². The minimum Gasteiger partial charge on any atom is -0.298 e. The van der Waals surface area contributed by atoms with Gasteiger partial charge in [0.15, 0.2) is 6.29 Å². The van der Waals surface area contributed by atoms with Crippen LogP contribution in [0, 0.1) is 6.92 Å². The van der Waals surface area contributed by atoms with E-state index in [0.717, 1.165) is 11.1 Å². The number of nitrogens with one attached hydrogen (secondary N) is 1. The Kier molecular flexibility index (Phi) is 7.14. The highest BCUT2D eigenvalue weighted by molar-refractivity contribution is 7.92. The van der Waals surface area contributed by atoms with Crippen LogP contribution in [0.1, 0.15) is 52.6 Å². The molecular formula is C25H26ClN3O4S. The molecule has 9 heteroatoms. The zero-order valence-corrected chi connectivity index (χ0v) is 21.2. The third kappa shape index (κ3) is 5.29. The molecule has 1 amide bonds. The number of amides is 1. The first-order valence-electron chi connectivity index (χ1n) is 10.5. The topological polar surface area (TPSA) is 96.4 Å². The molecule has 0 bridgehead atoms. The molecule has 3 rings (SSSR count). The van der Waals surface area contributed by atoms with Crippen LogP contribution in [0.2, 0.25) is 5.02 Å². The monoisotopic (exact) mass is 499 g/mol. The van der Waals surface area contributed by atoms with Crippen LogP contribution in [0.15, 0.2) is 59.6 Å². The molecule has 0 atom stereocenters. The predicted octanol–water partition coefficient (Wildman–Crippen LogP) is 5.23. The summed E-state index contributed by atoms with van der Waals surface area (Å²) in [6, 6.07) is 12.7. The molecule has 0 unspecified atom stereocenters. The lowest BCUT2D eigenvalue weighted by Crippen LogP contribution is -2.29. The Morgan fingerprint density at radius 1 is 1.06 bits per heavy atom. The predicted molar refractivity (Wildman–Crippen MR) is 134 cm³/mol. The standard InChI is InChI=1S/C25H26ClN3O4S/c1-16-6-13-22(27-14-16)29(5)24(31)23-19(15-30)20(26)11-12-21(23)28-34(32,33)18-9-7-17(8-10-18)25(2,3)4/h6-15,28H,1-5H3. The number of rotatable bonds is 6. The van der Waals surface area contributed by atoms with E-state index in [1.807, 2.05) is 27.7 Å². The van der Waals surface area contributed by atoms with E-state index >= 15 is 0 Å². The van der Waals surface area contributed by atoms with Gasteiger partial charge in [-0.2, -0.15) is 0 Å². The lowest BCUT2D eigenvalue weighted by molar-refractivity contribution is 0.0986. The number of aromatic nitrogens is 1. The van der Waals surface area contributed by atoms with Crippen LogP contribution < -0.4 is 9.62 Å². The molecule has 0 aliphatic heterocycles. The fourth-order valence-electron chi connectivity index (χ4n) is 3.29. The van der Waals surface area contributed by atoms with E-state index in [1.54, 1.807) is 30.5 Å². The number of carbonyl (C=O) groups excluding carboxylic acids is 2. The van der Waals surface area contributed by atoms with Crippen molar-refractivity contribution in [3.05, 3.63) is 82.0 Å². The van der Waals surface area contributed by atoms with Gasteiger partial charge in [0.2, 0.25) is 0 Å². The number of aldehydes is 1. The number of halogens is 1. The Morgan fingerprint density at radius 2 is 1.71 bits per heavy atom. The number of hydrogen-bond acceptors (Lipinski definition) is 5. The maximum absolute atomic E-state index is 13.4. The van der Waals surface area contributed by atoms with Gasteiger partial charge >= 0.3 is 0 Å². The minimum atomic E-state index is -4.06. The SMILES string of the molecule is Cc1ccc(N(C)C(=O)c2c(NS(=O)(=O)c3ccc(C(C)(C)C)cc3)ccc(Cl)c2C=O)nc1. The van der Waals surface area contributed by atoms with E-state index in [0.29, 0.717) is 12.1 Å². The number of sulfonamides is 1. The first-order chi connectivity index (χ1) is 15.8. The van der Waals surface area contributed by atoms with Crippen LogP contribution in [-0.4, -0.2) is 32.6 Å². The van der Waals surface area contributed by atoms with Crippen molar-refractivity contribution in [2.24, 2.45) is 0 Å². The maximum atomic E-state index is 13.4. The van der Waals surface area contributed by atoms with Crippen LogP contribution >= 0.6 is 11.6 Å². The number of pyridine rings is 1. The lowest BCUT2D eigenvalue weighted by Gasteiger charge is -2.21. The fraction of sp³-hybridized carbons (Fsp3) is 0.240. The van der Waals surface area contributed by atoms with Crippen LogP contribution in [0.25, 0.3) is 0 Å². The first kappa shape index (κ1) is 25.4. The van der Waals surface area contributed by atoms with E-state index in [4.69, 9.17) is 11.6 Å². The van der Waals surface area contributed by atoms with Crippen LogP contribution in [0.5, 0.6) is 0 Å². The van der Waals surface area contributed by atoms with Crippen molar-refractivity contribution in [1.29, 1.82) is 0 Å². The summed E-state index contributed by atoms with van der Waals surface area (Å²) in [6.45, 7) is 7.95. The normalized spacial score (nSPS) is 11.7. The van der Waals surface area contributed by atoms with Crippen LogP contribution in [0.4, 0.5) is 11.5 Å². The summed E-state index contributed by atoms with van der Waals surface area (Å²) < 4.78 is 28.7. The molecule has 0 aliphatic rings. The lowest BCUT2D eigenvalue weighted by atomic mass is 9.87. The molecule has 0 fully saturated rings. The molecule has 0 radical (unpaired) electrons. The minimum absolute atomic E-state index is 0.0232. The molecule has 7 nitrogen and oxygen atoms in total. The number of hydrogen-bond donors (Lipinski definition) is 1. The zero-order chi connectivity index (χ0) is 25.3. The average molecular weight is 500 g/mol. The second kappa shape index (κ2) is 9.56. The molecule has 1 N–H and O–H groups in total. The van der Waals surface area contributed by atoms with E-state index < -0.39 is 15.9 Å². The summed E-state index contributed by atoms with van der Waals surface area (Å²) in [4.78, 5) is 30.7. The number of carbonyl (C=O) groups is 2. The molecule has 178 valence electrons.